The van der Waals surface area contributed by atoms with Gasteiger partial charge in [-0.05, 0) is 47.4 Å². The van der Waals surface area contributed by atoms with Crippen molar-refractivity contribution in [1.29, 1.82) is 0 Å². The SMILES string of the molecule is O=C(c1cccc2nnnn12)N1CCC2(CCN(CCc3ccccc3)C2=O)C1. The van der Waals surface area contributed by atoms with Crippen LogP contribution in [-0.4, -0.2) is 67.8 Å². The molecule has 2 fully saturated rings. The summed E-state index contributed by atoms with van der Waals surface area (Å²) in [4.78, 5) is 30.0. The van der Waals surface area contributed by atoms with Crippen LogP contribution in [-0.2, 0) is 11.2 Å². The van der Waals surface area contributed by atoms with Crippen molar-refractivity contribution < 1.29 is 9.59 Å². The number of tetrazole rings is 1. The Morgan fingerprint density at radius 3 is 2.72 bits per heavy atom. The highest BCUT2D eigenvalue weighted by atomic mass is 16.2. The van der Waals surface area contributed by atoms with E-state index in [1.54, 1.807) is 23.1 Å². The number of carbonyl (C=O) groups excluding carboxylic acids is 2. The Balaban J connectivity index is 1.28. The second-order valence-electron chi connectivity index (χ2n) is 7.89. The molecule has 2 aromatic heterocycles. The van der Waals surface area contributed by atoms with Crippen LogP contribution < -0.4 is 0 Å². The summed E-state index contributed by atoms with van der Waals surface area (Å²) in [7, 11) is 0. The Bertz CT molecular complexity index is 1070. The zero-order valence-electron chi connectivity index (χ0n) is 16.1. The molecule has 1 unspecified atom stereocenters. The van der Waals surface area contributed by atoms with Gasteiger partial charge in [0.1, 0.15) is 5.69 Å². The fourth-order valence-corrected chi connectivity index (χ4v) is 4.53. The lowest BCUT2D eigenvalue weighted by molar-refractivity contribution is -0.135. The summed E-state index contributed by atoms with van der Waals surface area (Å²) in [5.74, 6) is 0.0553. The van der Waals surface area contributed by atoms with Crippen LogP contribution in [0, 0.1) is 5.41 Å². The van der Waals surface area contributed by atoms with Crippen LogP contribution in [0.4, 0.5) is 0 Å². The number of nitrogens with zero attached hydrogens (tertiary/aromatic N) is 6. The van der Waals surface area contributed by atoms with E-state index >= 15 is 0 Å². The minimum atomic E-state index is -0.444. The van der Waals surface area contributed by atoms with Crippen molar-refractivity contribution in [2.45, 2.75) is 19.3 Å². The molecule has 5 rings (SSSR count). The highest BCUT2D eigenvalue weighted by Crippen LogP contribution is 2.41. The normalized spacial score (nSPS) is 21.6. The average Bonchev–Trinajstić information content (AvgIpc) is 3.47. The standard InChI is InChI=1S/C21H22N6O2/c28-19(17-7-4-8-18-22-23-24-27(17)18)26-14-11-21(15-26)10-13-25(20(21)29)12-9-16-5-2-1-3-6-16/h1-8H,9-15H2. The van der Waals surface area contributed by atoms with Crippen LogP contribution in [0.5, 0.6) is 0 Å². The molecule has 2 amide bonds. The Morgan fingerprint density at radius 2 is 1.86 bits per heavy atom. The first-order valence-corrected chi connectivity index (χ1v) is 9.96. The van der Waals surface area contributed by atoms with Gasteiger partial charge in [-0.2, -0.15) is 4.52 Å². The minimum absolute atomic E-state index is 0.129. The number of rotatable bonds is 4. The second-order valence-corrected chi connectivity index (χ2v) is 7.89. The van der Waals surface area contributed by atoms with Crippen LogP contribution in [0.3, 0.4) is 0 Å². The van der Waals surface area contributed by atoms with Gasteiger partial charge in [0.05, 0.1) is 5.41 Å². The van der Waals surface area contributed by atoms with E-state index in [1.165, 1.54) is 10.1 Å². The smallest absolute Gasteiger partial charge is 0.272 e. The lowest BCUT2D eigenvalue weighted by atomic mass is 9.85. The van der Waals surface area contributed by atoms with Gasteiger partial charge >= 0.3 is 0 Å². The van der Waals surface area contributed by atoms with Crippen molar-refractivity contribution in [3.05, 3.63) is 59.8 Å². The quantitative estimate of drug-likeness (QED) is 0.673. The van der Waals surface area contributed by atoms with E-state index in [9.17, 15) is 9.59 Å². The van der Waals surface area contributed by atoms with Crippen LogP contribution in [0.2, 0.25) is 0 Å². The van der Waals surface area contributed by atoms with Crippen molar-refractivity contribution in [3.63, 3.8) is 0 Å². The lowest BCUT2D eigenvalue weighted by Gasteiger charge is -2.24. The first-order valence-electron chi connectivity index (χ1n) is 9.96. The summed E-state index contributed by atoms with van der Waals surface area (Å²) in [5, 5.41) is 11.5. The molecule has 4 heterocycles. The minimum Gasteiger partial charge on any atom is -0.342 e. The molecule has 0 radical (unpaired) electrons. The molecule has 2 aliphatic heterocycles. The molecule has 2 aliphatic rings. The van der Waals surface area contributed by atoms with Gasteiger partial charge in [-0.15, -0.1) is 5.10 Å². The van der Waals surface area contributed by atoms with Crippen LogP contribution in [0.1, 0.15) is 28.9 Å². The number of carbonyl (C=O) groups is 2. The Morgan fingerprint density at radius 1 is 1.03 bits per heavy atom. The van der Waals surface area contributed by atoms with Gasteiger partial charge in [0, 0.05) is 26.2 Å². The predicted octanol–water partition coefficient (Wildman–Crippen LogP) is 1.43. The van der Waals surface area contributed by atoms with Gasteiger partial charge in [0.2, 0.25) is 5.91 Å². The third kappa shape index (κ3) is 3.04. The molecular formula is C21H22N6O2. The molecule has 1 spiro atoms. The van der Waals surface area contributed by atoms with E-state index in [1.807, 2.05) is 23.1 Å². The maximum atomic E-state index is 13.2. The van der Waals surface area contributed by atoms with Gasteiger partial charge in [-0.1, -0.05) is 36.4 Å². The monoisotopic (exact) mass is 390 g/mol. The van der Waals surface area contributed by atoms with E-state index in [0.717, 1.165) is 25.9 Å². The Kier molecular flexibility index (Phi) is 4.26. The highest BCUT2D eigenvalue weighted by molar-refractivity contribution is 5.94. The summed E-state index contributed by atoms with van der Waals surface area (Å²) in [6, 6.07) is 15.5. The van der Waals surface area contributed by atoms with Crippen LogP contribution in [0.15, 0.2) is 48.5 Å². The summed E-state index contributed by atoms with van der Waals surface area (Å²) in [6.45, 7) is 2.53. The molecule has 8 nitrogen and oxygen atoms in total. The van der Waals surface area contributed by atoms with E-state index in [0.29, 0.717) is 30.9 Å². The van der Waals surface area contributed by atoms with E-state index in [4.69, 9.17) is 0 Å². The molecule has 1 aromatic carbocycles. The van der Waals surface area contributed by atoms with E-state index in [2.05, 4.69) is 27.7 Å². The number of aromatic nitrogens is 4. The molecule has 0 bridgehead atoms. The molecule has 148 valence electrons. The van der Waals surface area contributed by atoms with Crippen molar-refractivity contribution >= 4 is 17.5 Å². The maximum absolute atomic E-state index is 13.2. The molecule has 29 heavy (non-hydrogen) atoms. The van der Waals surface area contributed by atoms with Crippen molar-refractivity contribution in [3.8, 4) is 0 Å². The van der Waals surface area contributed by atoms with Crippen molar-refractivity contribution in [2.24, 2.45) is 5.41 Å². The van der Waals surface area contributed by atoms with Crippen molar-refractivity contribution in [2.75, 3.05) is 26.2 Å². The predicted molar refractivity (Wildman–Crippen MR) is 105 cm³/mol. The van der Waals surface area contributed by atoms with E-state index in [-0.39, 0.29) is 11.8 Å². The first kappa shape index (κ1) is 17.8. The molecule has 2 saturated heterocycles. The number of hydrogen-bond acceptors (Lipinski definition) is 5. The number of pyridine rings is 1. The largest absolute Gasteiger partial charge is 0.342 e. The third-order valence-electron chi connectivity index (χ3n) is 6.20. The zero-order chi connectivity index (χ0) is 19.8. The Hall–Kier alpha value is -3.29. The van der Waals surface area contributed by atoms with Gasteiger partial charge in [-0.3, -0.25) is 9.59 Å². The van der Waals surface area contributed by atoms with E-state index < -0.39 is 5.41 Å². The molecule has 8 heteroatoms. The fourth-order valence-electron chi connectivity index (χ4n) is 4.53. The maximum Gasteiger partial charge on any atom is 0.272 e. The highest BCUT2D eigenvalue weighted by Gasteiger charge is 2.51. The first-order chi connectivity index (χ1) is 14.2. The number of fused-ring (bicyclic) bond motifs is 1. The molecule has 0 aliphatic carbocycles. The molecule has 0 saturated carbocycles. The third-order valence-corrected chi connectivity index (χ3v) is 6.20. The van der Waals surface area contributed by atoms with Gasteiger partial charge in [0.15, 0.2) is 5.65 Å². The fraction of sp³-hybridized carbons (Fsp3) is 0.381. The number of hydrogen-bond donors (Lipinski definition) is 0. The number of likely N-dealkylation sites (tertiary alicyclic amines) is 2. The molecule has 3 aromatic rings. The summed E-state index contributed by atoms with van der Waals surface area (Å²) < 4.78 is 1.45. The molecule has 0 N–H and O–H groups in total. The average molecular weight is 390 g/mol. The Labute approximate surface area is 168 Å². The lowest BCUT2D eigenvalue weighted by Crippen LogP contribution is -2.39. The van der Waals surface area contributed by atoms with Gasteiger partial charge in [-0.25, -0.2) is 0 Å². The molecular weight excluding hydrogens is 368 g/mol. The number of benzene rings is 1. The zero-order valence-corrected chi connectivity index (χ0v) is 16.1. The van der Waals surface area contributed by atoms with Gasteiger partial charge in [0.25, 0.3) is 5.91 Å². The number of amides is 2. The topological polar surface area (TPSA) is 83.7 Å². The molecule has 1 atom stereocenters. The van der Waals surface area contributed by atoms with Crippen LogP contribution in [0.25, 0.3) is 5.65 Å². The van der Waals surface area contributed by atoms with Crippen molar-refractivity contribution in [1.82, 2.24) is 29.8 Å². The summed E-state index contributed by atoms with van der Waals surface area (Å²) >= 11 is 0. The second kappa shape index (κ2) is 6.95. The summed E-state index contributed by atoms with van der Waals surface area (Å²) in [5.41, 5.74) is 1.75. The summed E-state index contributed by atoms with van der Waals surface area (Å²) in [6.07, 6.45) is 2.37. The van der Waals surface area contributed by atoms with Crippen LogP contribution >= 0.6 is 0 Å². The van der Waals surface area contributed by atoms with Gasteiger partial charge < -0.3 is 9.80 Å².